The number of pyridine rings is 1. The zero-order chi connectivity index (χ0) is 12.5. The summed E-state index contributed by atoms with van der Waals surface area (Å²) in [6.07, 6.45) is 1.68. The van der Waals surface area contributed by atoms with Crippen molar-refractivity contribution >= 4 is 5.82 Å². The molecule has 0 fully saturated rings. The summed E-state index contributed by atoms with van der Waals surface area (Å²) < 4.78 is 10.1. The molecule has 0 aliphatic carbocycles. The van der Waals surface area contributed by atoms with Gasteiger partial charge in [-0.05, 0) is 12.1 Å². The lowest BCUT2D eigenvalue weighted by molar-refractivity contribution is 0.190. The highest BCUT2D eigenvalue weighted by molar-refractivity contribution is 5.53. The molecule has 0 saturated heterocycles. The summed E-state index contributed by atoms with van der Waals surface area (Å²) in [5.41, 5.74) is 0.569. The van der Waals surface area contributed by atoms with Crippen molar-refractivity contribution in [2.45, 2.75) is 0 Å². The van der Waals surface area contributed by atoms with E-state index >= 15 is 0 Å². The SMILES string of the molecule is COCCN(CCOC)c1ncccc1C#N. The first kappa shape index (κ1) is 13.4. The van der Waals surface area contributed by atoms with Gasteiger partial charge >= 0.3 is 0 Å². The van der Waals surface area contributed by atoms with E-state index in [1.54, 1.807) is 32.5 Å². The van der Waals surface area contributed by atoms with Crippen LogP contribution in [0.2, 0.25) is 0 Å². The molecule has 1 heterocycles. The van der Waals surface area contributed by atoms with E-state index in [4.69, 9.17) is 14.7 Å². The average molecular weight is 235 g/mol. The monoisotopic (exact) mass is 235 g/mol. The predicted octanol–water partition coefficient (Wildman–Crippen LogP) is 1.05. The minimum absolute atomic E-state index is 0.569. The Hall–Kier alpha value is -1.64. The van der Waals surface area contributed by atoms with Crippen molar-refractivity contribution in [3.8, 4) is 6.07 Å². The lowest BCUT2D eigenvalue weighted by atomic mass is 10.2. The minimum Gasteiger partial charge on any atom is -0.383 e. The molecule has 0 aromatic carbocycles. The average Bonchev–Trinajstić information content (AvgIpc) is 2.39. The molecule has 0 unspecified atom stereocenters. The Balaban J connectivity index is 2.83. The van der Waals surface area contributed by atoms with E-state index in [9.17, 15) is 0 Å². The lowest BCUT2D eigenvalue weighted by Gasteiger charge is -2.23. The van der Waals surface area contributed by atoms with Crippen molar-refractivity contribution in [3.05, 3.63) is 23.9 Å². The highest BCUT2D eigenvalue weighted by atomic mass is 16.5. The molecule has 1 rings (SSSR count). The molecule has 1 aromatic heterocycles. The second-order valence-electron chi connectivity index (χ2n) is 3.46. The standard InChI is InChI=1S/C12H17N3O2/c1-16-8-6-15(7-9-17-2)12-11(10-13)4-3-5-14-12/h3-5H,6-9H2,1-2H3. The first-order chi connectivity index (χ1) is 8.33. The van der Waals surface area contributed by atoms with Gasteiger partial charge in [-0.3, -0.25) is 0 Å². The third-order valence-corrected chi connectivity index (χ3v) is 2.34. The van der Waals surface area contributed by atoms with Gasteiger partial charge in [-0.15, -0.1) is 0 Å². The fraction of sp³-hybridized carbons (Fsp3) is 0.500. The maximum absolute atomic E-state index is 9.04. The van der Waals surface area contributed by atoms with Crippen molar-refractivity contribution in [2.24, 2.45) is 0 Å². The van der Waals surface area contributed by atoms with Crippen molar-refractivity contribution < 1.29 is 9.47 Å². The van der Waals surface area contributed by atoms with E-state index in [0.29, 0.717) is 37.7 Å². The lowest BCUT2D eigenvalue weighted by Crippen LogP contribution is -2.32. The third kappa shape index (κ3) is 4.02. The zero-order valence-corrected chi connectivity index (χ0v) is 10.2. The second kappa shape index (κ2) is 7.60. The summed E-state index contributed by atoms with van der Waals surface area (Å²) in [5, 5.41) is 9.04. The summed E-state index contributed by atoms with van der Waals surface area (Å²) in [6, 6.07) is 5.66. The van der Waals surface area contributed by atoms with E-state index in [1.807, 2.05) is 4.90 Å². The maximum Gasteiger partial charge on any atom is 0.146 e. The van der Waals surface area contributed by atoms with Gasteiger partial charge in [-0.1, -0.05) is 0 Å². The summed E-state index contributed by atoms with van der Waals surface area (Å²) >= 11 is 0. The Morgan fingerprint density at radius 2 is 1.94 bits per heavy atom. The number of nitriles is 1. The number of rotatable bonds is 7. The van der Waals surface area contributed by atoms with Crippen molar-refractivity contribution in [3.63, 3.8) is 0 Å². The summed E-state index contributed by atoms with van der Waals surface area (Å²) in [7, 11) is 3.30. The fourth-order valence-electron chi connectivity index (χ4n) is 1.46. The van der Waals surface area contributed by atoms with Gasteiger partial charge in [0.05, 0.1) is 18.8 Å². The third-order valence-electron chi connectivity index (χ3n) is 2.34. The number of ether oxygens (including phenoxy) is 2. The van der Waals surface area contributed by atoms with Gasteiger partial charge in [-0.2, -0.15) is 5.26 Å². The topological polar surface area (TPSA) is 58.4 Å². The van der Waals surface area contributed by atoms with Crippen molar-refractivity contribution in [1.29, 1.82) is 5.26 Å². The molecule has 0 atom stereocenters. The van der Waals surface area contributed by atoms with Crippen LogP contribution in [0.15, 0.2) is 18.3 Å². The Kier molecular flexibility index (Phi) is 6.00. The first-order valence-electron chi connectivity index (χ1n) is 5.41. The summed E-state index contributed by atoms with van der Waals surface area (Å²) in [4.78, 5) is 6.24. The molecule has 0 amide bonds. The minimum atomic E-state index is 0.569. The van der Waals surface area contributed by atoms with Gasteiger partial charge < -0.3 is 14.4 Å². The molecule has 5 nitrogen and oxygen atoms in total. The molecule has 5 heteroatoms. The maximum atomic E-state index is 9.04. The van der Waals surface area contributed by atoms with Crippen LogP contribution in [-0.4, -0.2) is 45.5 Å². The van der Waals surface area contributed by atoms with Crippen LogP contribution in [0.4, 0.5) is 5.82 Å². The molecule has 0 spiro atoms. The normalized spacial score (nSPS) is 9.94. The molecule has 0 radical (unpaired) electrons. The number of methoxy groups -OCH3 is 2. The molecule has 0 aliphatic heterocycles. The fourth-order valence-corrected chi connectivity index (χ4v) is 1.46. The van der Waals surface area contributed by atoms with Crippen LogP contribution in [0.25, 0.3) is 0 Å². The summed E-state index contributed by atoms with van der Waals surface area (Å²) in [6.45, 7) is 2.55. The molecule has 1 aromatic rings. The number of hydrogen-bond donors (Lipinski definition) is 0. The van der Waals surface area contributed by atoms with Gasteiger partial charge in [0.1, 0.15) is 11.9 Å². The Labute approximate surface area is 102 Å². The van der Waals surface area contributed by atoms with E-state index in [0.717, 1.165) is 0 Å². The second-order valence-corrected chi connectivity index (χ2v) is 3.46. The van der Waals surface area contributed by atoms with E-state index in [-0.39, 0.29) is 0 Å². The van der Waals surface area contributed by atoms with Crippen LogP contribution >= 0.6 is 0 Å². The van der Waals surface area contributed by atoms with Crippen LogP contribution in [0.3, 0.4) is 0 Å². The van der Waals surface area contributed by atoms with E-state index in [1.165, 1.54) is 0 Å². The van der Waals surface area contributed by atoms with Crippen LogP contribution in [0.1, 0.15) is 5.56 Å². The van der Waals surface area contributed by atoms with Crippen molar-refractivity contribution in [1.82, 2.24) is 4.98 Å². The van der Waals surface area contributed by atoms with E-state index < -0.39 is 0 Å². The van der Waals surface area contributed by atoms with Crippen molar-refractivity contribution in [2.75, 3.05) is 45.4 Å². The quantitative estimate of drug-likeness (QED) is 0.707. The van der Waals surface area contributed by atoms with Gasteiger partial charge in [0.2, 0.25) is 0 Å². The number of anilines is 1. The number of nitrogens with zero attached hydrogens (tertiary/aromatic N) is 3. The Morgan fingerprint density at radius 1 is 1.29 bits per heavy atom. The smallest absolute Gasteiger partial charge is 0.146 e. The van der Waals surface area contributed by atoms with Gasteiger partial charge in [0, 0.05) is 33.5 Å². The van der Waals surface area contributed by atoms with Gasteiger partial charge in [-0.25, -0.2) is 4.98 Å². The highest BCUT2D eigenvalue weighted by Gasteiger charge is 2.11. The largest absolute Gasteiger partial charge is 0.383 e. The molecule has 0 N–H and O–H groups in total. The Bertz CT molecular complexity index is 368. The molecular weight excluding hydrogens is 218 g/mol. The zero-order valence-electron chi connectivity index (χ0n) is 10.2. The van der Waals surface area contributed by atoms with Gasteiger partial charge in [0.25, 0.3) is 0 Å². The van der Waals surface area contributed by atoms with Gasteiger partial charge in [0.15, 0.2) is 0 Å². The highest BCUT2D eigenvalue weighted by Crippen LogP contribution is 2.15. The van der Waals surface area contributed by atoms with Crippen LogP contribution < -0.4 is 4.90 Å². The van der Waals surface area contributed by atoms with Crippen LogP contribution in [0.5, 0.6) is 0 Å². The molecule has 92 valence electrons. The number of aromatic nitrogens is 1. The molecular formula is C12H17N3O2. The molecule has 0 saturated carbocycles. The van der Waals surface area contributed by atoms with E-state index in [2.05, 4.69) is 11.1 Å². The first-order valence-corrected chi connectivity index (χ1v) is 5.41. The molecule has 0 bridgehead atoms. The summed E-state index contributed by atoms with van der Waals surface area (Å²) in [5.74, 6) is 0.684. The molecule has 17 heavy (non-hydrogen) atoms. The predicted molar refractivity (Wildman–Crippen MR) is 64.9 cm³/mol. The van der Waals surface area contributed by atoms with Crippen LogP contribution in [0, 0.1) is 11.3 Å². The number of hydrogen-bond acceptors (Lipinski definition) is 5. The molecule has 0 aliphatic rings. The Morgan fingerprint density at radius 3 is 2.47 bits per heavy atom. The van der Waals surface area contributed by atoms with Crippen LogP contribution in [-0.2, 0) is 9.47 Å².